The number of nitrogens with zero attached hydrogens (tertiary/aromatic N) is 2. The van der Waals surface area contributed by atoms with Crippen LogP contribution in [0, 0.1) is 36.2 Å². The Morgan fingerprint density at radius 2 is 1.60 bits per heavy atom. The maximum absolute atomic E-state index is 9.02. The summed E-state index contributed by atoms with van der Waals surface area (Å²) in [6.07, 6.45) is 6.75. The molecule has 0 spiro atoms. The first kappa shape index (κ1) is 28.5. The number of hydrogen-bond acceptors (Lipinski definition) is 2. The van der Waals surface area contributed by atoms with E-state index in [9.17, 15) is 0 Å². The third kappa shape index (κ3) is 8.57. The molecule has 0 amide bonds. The molecule has 2 heterocycles. The van der Waals surface area contributed by atoms with Gasteiger partial charge in [-0.3, -0.25) is 0 Å². The Morgan fingerprint density at radius 3 is 2.26 bits per heavy atom. The van der Waals surface area contributed by atoms with Gasteiger partial charge in [0.25, 0.3) is 0 Å². The van der Waals surface area contributed by atoms with Gasteiger partial charge in [-0.1, -0.05) is 112 Å². The number of benzene rings is 4. The molecule has 8 rings (SSSR count). The molecule has 2 saturated carbocycles. The van der Waals surface area contributed by atoms with Gasteiger partial charge in [0.2, 0.25) is 0 Å². The summed E-state index contributed by atoms with van der Waals surface area (Å²) in [4.78, 5) is 8.93. The number of aryl methyl sites for hydroxylation is 1. The van der Waals surface area contributed by atoms with Gasteiger partial charge >= 0.3 is 0 Å². The third-order valence-electron chi connectivity index (χ3n) is 9.47. The summed E-state index contributed by atoms with van der Waals surface area (Å²) in [5.74, 6) is 0.977. The maximum atomic E-state index is 9.02. The van der Waals surface area contributed by atoms with Crippen molar-refractivity contribution in [2.24, 2.45) is 17.3 Å². The zero-order valence-electron chi connectivity index (χ0n) is 34.8. The van der Waals surface area contributed by atoms with E-state index >= 15 is 0 Å². The first-order chi connectivity index (χ1) is 26.1. The molecular weight excluding hydrogens is 785 g/mol. The largest absolute Gasteiger partial charge is 0.305 e. The first-order valence-corrected chi connectivity index (χ1v) is 17.3. The van der Waals surface area contributed by atoms with E-state index < -0.39 is 18.6 Å². The van der Waals surface area contributed by atoms with E-state index in [1.165, 1.54) is 36.5 Å². The Balaban J connectivity index is 0.000000187. The smallest absolute Gasteiger partial charge is 0.0355 e. The number of rotatable bonds is 6. The van der Waals surface area contributed by atoms with Gasteiger partial charge in [-0.2, -0.15) is 0 Å². The van der Waals surface area contributed by atoms with Crippen LogP contribution in [0.3, 0.4) is 0 Å². The molecule has 50 heavy (non-hydrogen) atoms. The molecule has 255 valence electrons. The third-order valence-corrected chi connectivity index (χ3v) is 9.47. The van der Waals surface area contributed by atoms with Crippen LogP contribution in [0.2, 0.25) is 0 Å². The van der Waals surface area contributed by atoms with Gasteiger partial charge in [-0.15, -0.1) is 65.2 Å². The Hall–Kier alpha value is -4.17. The van der Waals surface area contributed by atoms with Crippen LogP contribution in [-0.4, -0.2) is 9.97 Å². The van der Waals surface area contributed by atoms with Crippen LogP contribution in [0.25, 0.3) is 44.8 Å². The Labute approximate surface area is 321 Å². The molecule has 2 nitrogen and oxygen atoms in total. The molecule has 3 unspecified atom stereocenters. The van der Waals surface area contributed by atoms with Crippen molar-refractivity contribution in [2.75, 3.05) is 0 Å². The SMILES string of the molecule is [2H]C([2H])([2H])c1c[c-]c(-c2ccc(C([2H])([2H])C(C)(C)C)cn2)cc1-c1ccccc1.[2H]C1(c2ccc(-c3ccnc(-c4[c-]cccc4)c3)cc2)CC2CCC1C2.[Ir]. The predicted octanol–water partition coefficient (Wildman–Crippen LogP) is 12.2. The van der Waals surface area contributed by atoms with Crippen molar-refractivity contribution in [1.82, 2.24) is 9.97 Å². The van der Waals surface area contributed by atoms with Crippen molar-refractivity contribution in [3.63, 3.8) is 0 Å². The fourth-order valence-corrected chi connectivity index (χ4v) is 7.15. The topological polar surface area (TPSA) is 25.8 Å². The van der Waals surface area contributed by atoms with Gasteiger partial charge in [0, 0.05) is 40.7 Å². The van der Waals surface area contributed by atoms with Gasteiger partial charge < -0.3 is 9.97 Å². The fourth-order valence-electron chi connectivity index (χ4n) is 7.15. The molecule has 3 atom stereocenters. The van der Waals surface area contributed by atoms with Crippen molar-refractivity contribution in [3.8, 4) is 44.8 Å². The minimum absolute atomic E-state index is 0. The second-order valence-corrected chi connectivity index (χ2v) is 14.2. The summed E-state index contributed by atoms with van der Waals surface area (Å²) in [6, 6.07) is 43.3. The van der Waals surface area contributed by atoms with E-state index in [1.54, 1.807) is 24.4 Å². The molecule has 2 fully saturated rings. The van der Waals surface area contributed by atoms with E-state index in [4.69, 9.17) is 8.22 Å². The van der Waals surface area contributed by atoms with E-state index in [2.05, 4.69) is 58.5 Å². The summed E-state index contributed by atoms with van der Waals surface area (Å²) < 4.78 is 49.4. The van der Waals surface area contributed by atoms with Gasteiger partial charge in [-0.05, 0) is 94.1 Å². The molecule has 0 N–H and O–H groups in total. The normalized spacial score (nSPS) is 21.6. The monoisotopic (exact) mass is 837 g/mol. The van der Waals surface area contributed by atoms with E-state index in [0.29, 0.717) is 28.3 Å². The molecule has 0 saturated heterocycles. The van der Waals surface area contributed by atoms with Gasteiger partial charge in [-0.25, -0.2) is 0 Å². The van der Waals surface area contributed by atoms with E-state index in [-0.39, 0.29) is 31.6 Å². The summed E-state index contributed by atoms with van der Waals surface area (Å²) in [6.45, 7) is 3.32. The fraction of sp³-hybridized carbons (Fsp3) is 0.277. The summed E-state index contributed by atoms with van der Waals surface area (Å²) in [5.41, 5.74) is 8.39. The molecule has 6 aromatic rings. The quantitative estimate of drug-likeness (QED) is 0.156. The number of pyridine rings is 2. The summed E-state index contributed by atoms with van der Waals surface area (Å²) >= 11 is 0. The second-order valence-electron chi connectivity index (χ2n) is 14.2. The van der Waals surface area contributed by atoms with Crippen LogP contribution in [0.15, 0.2) is 128 Å². The average molecular weight is 837 g/mol. The summed E-state index contributed by atoms with van der Waals surface area (Å²) in [5, 5.41) is 0. The Morgan fingerprint density at radius 1 is 0.780 bits per heavy atom. The zero-order chi connectivity index (χ0) is 39.0. The first-order valence-electron chi connectivity index (χ1n) is 20.3. The van der Waals surface area contributed by atoms with E-state index in [1.807, 2.05) is 81.6 Å². The summed E-state index contributed by atoms with van der Waals surface area (Å²) in [7, 11) is 0. The van der Waals surface area contributed by atoms with Crippen LogP contribution in [-0.2, 0) is 26.5 Å². The van der Waals surface area contributed by atoms with Crippen LogP contribution >= 0.6 is 0 Å². The van der Waals surface area contributed by atoms with Crippen molar-refractivity contribution in [3.05, 3.63) is 156 Å². The molecule has 2 aliphatic rings. The number of fused-ring (bicyclic) bond motifs is 2. The molecular formula is C47H46IrN2-2. The van der Waals surface area contributed by atoms with Crippen molar-refractivity contribution in [2.45, 2.75) is 65.6 Å². The molecule has 3 heteroatoms. The minimum Gasteiger partial charge on any atom is -0.305 e. The van der Waals surface area contributed by atoms with Crippen LogP contribution in [0.5, 0.6) is 0 Å². The Kier molecular flexibility index (Phi) is 9.01. The zero-order valence-corrected chi connectivity index (χ0v) is 31.2. The Bertz CT molecular complexity index is 2230. The minimum atomic E-state index is -2.25. The van der Waals surface area contributed by atoms with Crippen LogP contribution in [0.4, 0.5) is 0 Å². The molecule has 2 aliphatic carbocycles. The number of aromatic nitrogens is 2. The molecule has 1 radical (unpaired) electrons. The van der Waals surface area contributed by atoms with Crippen LogP contribution in [0.1, 0.15) is 77.3 Å². The average Bonchev–Trinajstić information content (AvgIpc) is 3.80. The molecule has 0 aliphatic heterocycles. The van der Waals surface area contributed by atoms with Gasteiger partial charge in [0.1, 0.15) is 0 Å². The molecule has 4 aromatic carbocycles. The van der Waals surface area contributed by atoms with Crippen LogP contribution < -0.4 is 0 Å². The predicted molar refractivity (Wildman–Crippen MR) is 204 cm³/mol. The second kappa shape index (κ2) is 15.8. The van der Waals surface area contributed by atoms with Crippen molar-refractivity contribution < 1.29 is 28.3 Å². The van der Waals surface area contributed by atoms with Gasteiger partial charge in [0.05, 0.1) is 0 Å². The molecule has 2 bridgehead atoms. The maximum Gasteiger partial charge on any atom is 0.0355 e. The van der Waals surface area contributed by atoms with Crippen molar-refractivity contribution >= 4 is 0 Å². The molecule has 2 aromatic heterocycles. The van der Waals surface area contributed by atoms with Crippen molar-refractivity contribution in [1.29, 1.82) is 0 Å². The van der Waals surface area contributed by atoms with E-state index in [0.717, 1.165) is 34.7 Å². The van der Waals surface area contributed by atoms with Gasteiger partial charge in [0.15, 0.2) is 0 Å². The number of hydrogen-bond donors (Lipinski definition) is 0. The standard InChI is InChI=1S/C24H22N.C23H24N.Ir/c1-2-4-20(5-3-1)24-16-21(12-13-25-24)18-8-10-19(11-9-18)23-15-17-6-7-22(23)14-17;1-17-10-12-20(14-21(17)19-8-6-5-7-9-19)22-13-11-18(16-24-22)15-23(2,3)4;/h1-4,8-13,16-17,22-23H,6-7,14-15H2;5-11,13-14,16H,15H2,1-4H3;/q2*-1;/i23D;1D3,15D2;.